The van der Waals surface area contributed by atoms with Gasteiger partial charge in [-0.2, -0.15) is 0 Å². The molecule has 1 amide bonds. The van der Waals surface area contributed by atoms with Gasteiger partial charge in [0.15, 0.2) is 0 Å². The first-order chi connectivity index (χ1) is 7.85. The summed E-state index contributed by atoms with van der Waals surface area (Å²) in [5.41, 5.74) is 7.84. The largest absolute Gasteiger partial charge is 0.355 e. The molecule has 0 aromatic heterocycles. The van der Waals surface area contributed by atoms with Gasteiger partial charge in [0.05, 0.1) is 0 Å². The minimum absolute atomic E-state index is 0.548. The molecule has 0 radical (unpaired) electrons. The Morgan fingerprint density at radius 2 is 2.12 bits per heavy atom. The third-order valence-corrected chi connectivity index (χ3v) is 2.65. The van der Waals surface area contributed by atoms with E-state index in [1.54, 1.807) is 0 Å². The Morgan fingerprint density at radius 1 is 1.25 bits per heavy atom. The number of nitrogens with one attached hydrogen (secondary N) is 1. The maximum Gasteiger partial charge on any atom is 0.207 e. The maximum absolute atomic E-state index is 10.3. The SMILES string of the molecule is NCc1ccc2c(CNC=O)cccc2c1. The van der Waals surface area contributed by atoms with Gasteiger partial charge in [0, 0.05) is 13.1 Å². The van der Waals surface area contributed by atoms with Gasteiger partial charge < -0.3 is 11.1 Å². The van der Waals surface area contributed by atoms with Gasteiger partial charge in [-0.25, -0.2) is 0 Å². The third-order valence-electron chi connectivity index (χ3n) is 2.65. The molecule has 3 heteroatoms. The fourth-order valence-corrected chi connectivity index (χ4v) is 1.83. The van der Waals surface area contributed by atoms with Crippen LogP contribution in [0.3, 0.4) is 0 Å². The van der Waals surface area contributed by atoms with E-state index in [-0.39, 0.29) is 0 Å². The topological polar surface area (TPSA) is 55.1 Å². The molecule has 2 rings (SSSR count). The lowest BCUT2D eigenvalue weighted by atomic mass is 10.0. The summed E-state index contributed by atoms with van der Waals surface area (Å²) in [6, 6.07) is 12.2. The summed E-state index contributed by atoms with van der Waals surface area (Å²) < 4.78 is 0. The normalized spacial score (nSPS) is 10.3. The number of rotatable bonds is 4. The molecule has 2 aromatic rings. The molecule has 0 fully saturated rings. The molecule has 3 nitrogen and oxygen atoms in total. The summed E-state index contributed by atoms with van der Waals surface area (Å²) >= 11 is 0. The van der Waals surface area contributed by atoms with Crippen LogP contribution < -0.4 is 11.1 Å². The second kappa shape index (κ2) is 4.77. The molecule has 2 aromatic carbocycles. The van der Waals surface area contributed by atoms with Crippen molar-refractivity contribution in [1.29, 1.82) is 0 Å². The van der Waals surface area contributed by atoms with Crippen molar-refractivity contribution in [3.8, 4) is 0 Å². The third kappa shape index (κ3) is 2.04. The average Bonchev–Trinajstić information content (AvgIpc) is 2.35. The number of nitrogens with two attached hydrogens (primary N) is 1. The average molecular weight is 214 g/mol. The van der Waals surface area contributed by atoms with Crippen LogP contribution in [0, 0.1) is 0 Å². The van der Waals surface area contributed by atoms with E-state index < -0.39 is 0 Å². The second-order valence-electron chi connectivity index (χ2n) is 3.68. The zero-order valence-corrected chi connectivity index (χ0v) is 8.94. The fourth-order valence-electron chi connectivity index (χ4n) is 1.83. The van der Waals surface area contributed by atoms with Crippen LogP contribution in [0.2, 0.25) is 0 Å². The van der Waals surface area contributed by atoms with Gasteiger partial charge in [0.25, 0.3) is 0 Å². The minimum Gasteiger partial charge on any atom is -0.355 e. The van der Waals surface area contributed by atoms with E-state index in [4.69, 9.17) is 5.73 Å². The van der Waals surface area contributed by atoms with Crippen molar-refractivity contribution in [2.45, 2.75) is 13.1 Å². The molecule has 0 aliphatic heterocycles. The predicted molar refractivity (Wildman–Crippen MR) is 64.7 cm³/mol. The lowest BCUT2D eigenvalue weighted by Gasteiger charge is -2.07. The Labute approximate surface area is 94.3 Å². The van der Waals surface area contributed by atoms with E-state index in [0.717, 1.165) is 21.9 Å². The molecule has 0 aliphatic carbocycles. The highest BCUT2D eigenvalue weighted by Gasteiger charge is 2.00. The first-order valence-electron chi connectivity index (χ1n) is 5.23. The van der Waals surface area contributed by atoms with E-state index >= 15 is 0 Å². The number of hydrogen-bond acceptors (Lipinski definition) is 2. The molecule has 0 aliphatic rings. The Hall–Kier alpha value is -1.87. The van der Waals surface area contributed by atoms with Gasteiger partial charge in [-0.15, -0.1) is 0 Å². The van der Waals surface area contributed by atoms with Crippen molar-refractivity contribution in [2.75, 3.05) is 0 Å². The molecular weight excluding hydrogens is 200 g/mol. The smallest absolute Gasteiger partial charge is 0.207 e. The molecule has 0 unspecified atom stereocenters. The molecule has 0 saturated heterocycles. The van der Waals surface area contributed by atoms with E-state index in [1.165, 1.54) is 0 Å². The monoisotopic (exact) mass is 214 g/mol. The molecule has 16 heavy (non-hydrogen) atoms. The quantitative estimate of drug-likeness (QED) is 0.758. The summed E-state index contributed by atoms with van der Waals surface area (Å²) in [6.45, 7) is 1.11. The molecular formula is C13H14N2O. The van der Waals surface area contributed by atoms with Gasteiger partial charge >= 0.3 is 0 Å². The van der Waals surface area contributed by atoms with Crippen molar-refractivity contribution in [1.82, 2.24) is 5.32 Å². The zero-order valence-electron chi connectivity index (χ0n) is 8.94. The molecule has 0 spiro atoms. The second-order valence-corrected chi connectivity index (χ2v) is 3.68. The van der Waals surface area contributed by atoms with Crippen molar-refractivity contribution < 1.29 is 4.79 Å². The zero-order chi connectivity index (χ0) is 11.4. The van der Waals surface area contributed by atoms with Gasteiger partial charge in [-0.05, 0) is 28.0 Å². The summed E-state index contributed by atoms with van der Waals surface area (Å²) in [4.78, 5) is 10.3. The van der Waals surface area contributed by atoms with E-state index in [2.05, 4.69) is 23.5 Å². The number of carbonyl (C=O) groups excluding carboxylic acids is 1. The van der Waals surface area contributed by atoms with Crippen molar-refractivity contribution in [3.05, 3.63) is 47.5 Å². The highest BCUT2D eigenvalue weighted by molar-refractivity contribution is 5.86. The number of hydrogen-bond donors (Lipinski definition) is 2. The van der Waals surface area contributed by atoms with Gasteiger partial charge in [-0.1, -0.05) is 30.3 Å². The molecule has 0 bridgehead atoms. The van der Waals surface area contributed by atoms with Crippen molar-refractivity contribution >= 4 is 17.2 Å². The standard InChI is InChI=1S/C13H14N2O/c14-7-10-4-5-13-11(6-10)2-1-3-12(13)8-15-9-16/h1-6,9H,7-8,14H2,(H,15,16). The Kier molecular flexibility index (Phi) is 3.17. The highest BCUT2D eigenvalue weighted by atomic mass is 16.1. The Balaban J connectivity index is 2.47. The van der Waals surface area contributed by atoms with E-state index in [0.29, 0.717) is 19.5 Å². The van der Waals surface area contributed by atoms with Gasteiger partial charge in [-0.3, -0.25) is 4.79 Å². The molecule has 0 saturated carbocycles. The summed E-state index contributed by atoms with van der Waals surface area (Å²) in [5, 5.41) is 5.00. The van der Waals surface area contributed by atoms with Crippen LogP contribution in [0.15, 0.2) is 36.4 Å². The maximum atomic E-state index is 10.3. The van der Waals surface area contributed by atoms with Crippen molar-refractivity contribution in [3.63, 3.8) is 0 Å². The lowest BCUT2D eigenvalue weighted by Crippen LogP contribution is -2.09. The Morgan fingerprint density at radius 3 is 2.88 bits per heavy atom. The van der Waals surface area contributed by atoms with Gasteiger partial charge in [0.1, 0.15) is 0 Å². The van der Waals surface area contributed by atoms with Gasteiger partial charge in [0.2, 0.25) is 6.41 Å². The van der Waals surface area contributed by atoms with Crippen LogP contribution in [0.4, 0.5) is 0 Å². The Bertz CT molecular complexity index is 508. The number of carbonyl (C=O) groups is 1. The van der Waals surface area contributed by atoms with Crippen molar-refractivity contribution in [2.24, 2.45) is 5.73 Å². The first-order valence-corrected chi connectivity index (χ1v) is 5.23. The molecule has 82 valence electrons. The van der Waals surface area contributed by atoms with Crippen LogP contribution in [0.5, 0.6) is 0 Å². The lowest BCUT2D eigenvalue weighted by molar-refractivity contribution is -0.109. The van der Waals surface area contributed by atoms with Crippen LogP contribution in [-0.2, 0) is 17.9 Å². The summed E-state index contributed by atoms with van der Waals surface area (Å²) in [7, 11) is 0. The number of benzene rings is 2. The van der Waals surface area contributed by atoms with E-state index in [1.807, 2.05) is 18.2 Å². The number of fused-ring (bicyclic) bond motifs is 1. The molecule has 0 heterocycles. The van der Waals surface area contributed by atoms with Crippen LogP contribution >= 0.6 is 0 Å². The fraction of sp³-hybridized carbons (Fsp3) is 0.154. The number of amides is 1. The predicted octanol–water partition coefficient (Wildman–Crippen LogP) is 1.54. The van der Waals surface area contributed by atoms with E-state index in [9.17, 15) is 4.79 Å². The summed E-state index contributed by atoms with van der Waals surface area (Å²) in [5.74, 6) is 0. The van der Waals surface area contributed by atoms with Crippen LogP contribution in [0.1, 0.15) is 11.1 Å². The minimum atomic E-state index is 0.548. The molecule has 0 atom stereocenters. The first kappa shape index (κ1) is 10.6. The summed E-state index contributed by atoms with van der Waals surface area (Å²) in [6.07, 6.45) is 0.715. The molecule has 3 N–H and O–H groups in total. The highest BCUT2D eigenvalue weighted by Crippen LogP contribution is 2.20. The van der Waals surface area contributed by atoms with Crippen LogP contribution in [-0.4, -0.2) is 6.41 Å². The van der Waals surface area contributed by atoms with Crippen LogP contribution in [0.25, 0.3) is 10.8 Å².